The summed E-state index contributed by atoms with van der Waals surface area (Å²) in [4.78, 5) is 4.80. The first-order valence-corrected chi connectivity index (χ1v) is 6.34. The van der Waals surface area contributed by atoms with Crippen molar-refractivity contribution in [2.45, 2.75) is 18.0 Å². The first kappa shape index (κ1) is 13.5. The third-order valence-corrected chi connectivity index (χ3v) is 4.13. The summed E-state index contributed by atoms with van der Waals surface area (Å²) < 4.78 is 36.4. The van der Waals surface area contributed by atoms with Crippen molar-refractivity contribution in [3.05, 3.63) is 23.8 Å². The average molecular weight is 288 g/mol. The highest BCUT2D eigenvalue weighted by Gasteiger charge is 2.61. The van der Waals surface area contributed by atoms with Gasteiger partial charge in [-0.1, -0.05) is 6.07 Å². The molecule has 1 saturated heterocycles. The number of halogens is 3. The Morgan fingerprint density at radius 3 is 2.85 bits per heavy atom. The standard InChI is InChI=1S/C13H15F3N2O2/c14-13(15,16)7-20-18-5-9-4-12(9,6-18)8-1-2-11(19)10(17)3-8/h1-3,9,19H,4-7,17H2. The van der Waals surface area contributed by atoms with Crippen molar-refractivity contribution >= 4 is 5.69 Å². The molecule has 7 heteroatoms. The van der Waals surface area contributed by atoms with Gasteiger partial charge < -0.3 is 10.8 Å². The highest BCUT2D eigenvalue weighted by molar-refractivity contribution is 5.56. The molecule has 0 aromatic heterocycles. The van der Waals surface area contributed by atoms with E-state index in [0.29, 0.717) is 19.0 Å². The van der Waals surface area contributed by atoms with E-state index in [4.69, 9.17) is 10.6 Å². The minimum atomic E-state index is -4.32. The molecule has 4 nitrogen and oxygen atoms in total. The number of hydrogen-bond acceptors (Lipinski definition) is 4. The molecule has 2 atom stereocenters. The van der Waals surface area contributed by atoms with Crippen LogP contribution in [0.15, 0.2) is 18.2 Å². The maximum atomic E-state index is 12.1. The molecule has 20 heavy (non-hydrogen) atoms. The molecule has 1 aliphatic heterocycles. The molecule has 3 rings (SSSR count). The summed E-state index contributed by atoms with van der Waals surface area (Å²) >= 11 is 0. The number of alkyl halides is 3. The fourth-order valence-electron chi connectivity index (χ4n) is 3.01. The Hall–Kier alpha value is -1.47. The Kier molecular flexibility index (Phi) is 2.88. The number of piperidine rings is 1. The number of phenolic OH excluding ortho intramolecular Hbond substituents is 1. The molecule has 0 radical (unpaired) electrons. The normalized spacial score (nSPS) is 29.4. The lowest BCUT2D eigenvalue weighted by Gasteiger charge is -2.21. The summed E-state index contributed by atoms with van der Waals surface area (Å²) in [6.07, 6.45) is -3.40. The summed E-state index contributed by atoms with van der Waals surface area (Å²) in [5, 5.41) is 10.8. The average Bonchev–Trinajstić information content (AvgIpc) is 2.93. The fourth-order valence-corrected chi connectivity index (χ4v) is 3.01. The summed E-state index contributed by atoms with van der Waals surface area (Å²) in [6, 6.07) is 5.00. The van der Waals surface area contributed by atoms with Crippen LogP contribution in [-0.2, 0) is 10.3 Å². The van der Waals surface area contributed by atoms with Gasteiger partial charge in [0, 0.05) is 18.5 Å². The molecule has 1 aromatic rings. The van der Waals surface area contributed by atoms with Gasteiger partial charge in [0.15, 0.2) is 6.61 Å². The highest BCUT2D eigenvalue weighted by atomic mass is 19.4. The Morgan fingerprint density at radius 1 is 1.45 bits per heavy atom. The van der Waals surface area contributed by atoms with Crippen LogP contribution in [0, 0.1) is 5.92 Å². The van der Waals surface area contributed by atoms with Gasteiger partial charge in [-0.05, 0) is 30.0 Å². The molecular weight excluding hydrogens is 273 g/mol. The first-order valence-electron chi connectivity index (χ1n) is 6.34. The van der Waals surface area contributed by atoms with Crippen molar-refractivity contribution in [3.8, 4) is 5.75 Å². The van der Waals surface area contributed by atoms with Crippen LogP contribution in [0.1, 0.15) is 12.0 Å². The maximum Gasteiger partial charge on any atom is 0.413 e. The SMILES string of the molecule is Nc1cc(C23CC2CN(OCC(F)(F)F)C3)ccc1O. The van der Waals surface area contributed by atoms with Gasteiger partial charge in [-0.15, -0.1) is 0 Å². The molecule has 2 fully saturated rings. The van der Waals surface area contributed by atoms with Crippen molar-refractivity contribution < 1.29 is 23.1 Å². The van der Waals surface area contributed by atoms with E-state index in [2.05, 4.69) is 0 Å². The molecule has 0 spiro atoms. The van der Waals surface area contributed by atoms with Crippen LogP contribution in [0.3, 0.4) is 0 Å². The van der Waals surface area contributed by atoms with Gasteiger partial charge in [0.05, 0.1) is 5.69 Å². The van der Waals surface area contributed by atoms with Crippen LogP contribution in [0.2, 0.25) is 0 Å². The number of hydrogen-bond donors (Lipinski definition) is 2. The monoisotopic (exact) mass is 288 g/mol. The van der Waals surface area contributed by atoms with Crippen LogP contribution in [0.4, 0.5) is 18.9 Å². The number of nitrogen functional groups attached to an aromatic ring is 1. The lowest BCUT2D eigenvalue weighted by Crippen LogP contribution is -2.31. The maximum absolute atomic E-state index is 12.1. The van der Waals surface area contributed by atoms with Crippen LogP contribution >= 0.6 is 0 Å². The number of nitrogens with zero attached hydrogens (tertiary/aromatic N) is 1. The van der Waals surface area contributed by atoms with Crippen molar-refractivity contribution in [1.29, 1.82) is 0 Å². The van der Waals surface area contributed by atoms with E-state index in [1.54, 1.807) is 12.1 Å². The number of anilines is 1. The topological polar surface area (TPSA) is 58.7 Å². The number of benzene rings is 1. The van der Waals surface area contributed by atoms with Gasteiger partial charge in [0.1, 0.15) is 5.75 Å². The van der Waals surface area contributed by atoms with Gasteiger partial charge in [-0.25, -0.2) is 0 Å². The van der Waals surface area contributed by atoms with Crippen LogP contribution in [0.25, 0.3) is 0 Å². The largest absolute Gasteiger partial charge is 0.506 e. The van der Waals surface area contributed by atoms with Gasteiger partial charge in [-0.2, -0.15) is 18.2 Å². The number of rotatable bonds is 3. The van der Waals surface area contributed by atoms with Crippen LogP contribution < -0.4 is 5.73 Å². The third kappa shape index (κ3) is 2.31. The molecule has 0 amide bonds. The molecule has 1 heterocycles. The van der Waals surface area contributed by atoms with E-state index in [0.717, 1.165) is 12.0 Å². The smallest absolute Gasteiger partial charge is 0.413 e. The summed E-state index contributed by atoms with van der Waals surface area (Å²) in [6.45, 7) is -0.331. The van der Waals surface area contributed by atoms with Gasteiger partial charge in [0.2, 0.25) is 0 Å². The molecular formula is C13H15F3N2O2. The predicted molar refractivity (Wildman–Crippen MR) is 65.9 cm³/mol. The molecule has 0 bridgehead atoms. The van der Waals surface area contributed by atoms with Gasteiger partial charge in [-0.3, -0.25) is 4.84 Å². The van der Waals surface area contributed by atoms with E-state index >= 15 is 0 Å². The van der Waals surface area contributed by atoms with E-state index in [1.807, 2.05) is 0 Å². The molecule has 2 aliphatic rings. The van der Waals surface area contributed by atoms with Crippen LogP contribution in [-0.4, -0.2) is 36.0 Å². The number of hydroxylamine groups is 2. The summed E-state index contributed by atoms with van der Waals surface area (Å²) in [7, 11) is 0. The van der Waals surface area contributed by atoms with Gasteiger partial charge >= 0.3 is 6.18 Å². The number of fused-ring (bicyclic) bond motifs is 1. The second-order valence-corrected chi connectivity index (χ2v) is 5.54. The Morgan fingerprint density at radius 2 is 2.20 bits per heavy atom. The molecule has 1 saturated carbocycles. The highest BCUT2D eigenvalue weighted by Crippen LogP contribution is 2.59. The molecule has 1 aliphatic carbocycles. The zero-order chi connectivity index (χ0) is 14.5. The zero-order valence-electron chi connectivity index (χ0n) is 10.7. The first-order chi connectivity index (χ1) is 9.30. The van der Waals surface area contributed by atoms with Crippen LogP contribution in [0.5, 0.6) is 5.75 Å². The minimum absolute atomic E-state index is 0.0190. The number of phenols is 1. The Labute approximate surface area is 113 Å². The van der Waals surface area contributed by atoms with Gasteiger partial charge in [0.25, 0.3) is 0 Å². The summed E-state index contributed by atoms with van der Waals surface area (Å²) in [5.41, 5.74) is 6.74. The number of nitrogens with two attached hydrogens (primary N) is 1. The van der Waals surface area contributed by atoms with E-state index < -0.39 is 12.8 Å². The third-order valence-electron chi connectivity index (χ3n) is 4.13. The summed E-state index contributed by atoms with van der Waals surface area (Å²) in [5.74, 6) is 0.310. The second-order valence-electron chi connectivity index (χ2n) is 5.54. The zero-order valence-corrected chi connectivity index (χ0v) is 10.7. The lowest BCUT2D eigenvalue weighted by molar-refractivity contribution is -0.249. The molecule has 110 valence electrons. The minimum Gasteiger partial charge on any atom is -0.506 e. The fraction of sp³-hybridized carbons (Fsp3) is 0.538. The van der Waals surface area contributed by atoms with E-state index in [9.17, 15) is 18.3 Å². The van der Waals surface area contributed by atoms with Crippen molar-refractivity contribution in [3.63, 3.8) is 0 Å². The molecule has 1 aromatic carbocycles. The second kappa shape index (κ2) is 4.26. The van der Waals surface area contributed by atoms with Crippen molar-refractivity contribution in [2.24, 2.45) is 5.92 Å². The Balaban J connectivity index is 1.69. The van der Waals surface area contributed by atoms with E-state index in [-0.39, 0.29) is 16.9 Å². The molecule has 3 N–H and O–H groups in total. The Bertz CT molecular complexity index is 535. The van der Waals surface area contributed by atoms with Crippen molar-refractivity contribution in [1.82, 2.24) is 5.06 Å². The van der Waals surface area contributed by atoms with E-state index in [1.165, 1.54) is 11.1 Å². The molecule has 2 unspecified atom stereocenters. The quantitative estimate of drug-likeness (QED) is 0.660. The predicted octanol–water partition coefficient (Wildman–Crippen LogP) is 2.04. The number of aromatic hydroxyl groups is 1. The van der Waals surface area contributed by atoms with Crippen molar-refractivity contribution in [2.75, 3.05) is 25.4 Å². The lowest BCUT2D eigenvalue weighted by atomic mass is 9.94.